The number of hydrogen-bond acceptors (Lipinski definition) is 5. The number of hydrogen-bond donors (Lipinski definition) is 2. The Balaban J connectivity index is 1.66. The Morgan fingerprint density at radius 3 is 2.59 bits per heavy atom. The van der Waals surface area contributed by atoms with E-state index in [1.807, 2.05) is 18.2 Å². The minimum absolute atomic E-state index is 0.0135. The number of nitrogens with one attached hydrogen (secondary N) is 2. The Bertz CT molecular complexity index is 1550. The van der Waals surface area contributed by atoms with Crippen molar-refractivity contribution < 1.29 is 17.6 Å². The molecule has 7 nitrogen and oxygen atoms in total. The second-order valence-electron chi connectivity index (χ2n) is 10.2. The molecule has 0 spiro atoms. The molecule has 0 aliphatic carbocycles. The van der Waals surface area contributed by atoms with Gasteiger partial charge in [-0.1, -0.05) is 26.8 Å². The van der Waals surface area contributed by atoms with Crippen LogP contribution in [0.4, 0.5) is 29.2 Å². The summed E-state index contributed by atoms with van der Waals surface area (Å²) in [6.07, 6.45) is -2.59. The molecule has 2 aromatic heterocycles. The van der Waals surface area contributed by atoms with Gasteiger partial charge in [0.1, 0.15) is 17.7 Å². The van der Waals surface area contributed by atoms with Crippen LogP contribution in [0.3, 0.4) is 0 Å². The fraction of sp³-hybridized carbons (Fsp3) is 0.346. The third-order valence-electron chi connectivity index (χ3n) is 6.36. The maximum Gasteiger partial charge on any atom is 0.408 e. The van der Waals surface area contributed by atoms with E-state index < -0.39 is 29.5 Å². The van der Waals surface area contributed by atoms with Gasteiger partial charge < -0.3 is 10.6 Å². The molecule has 5 rings (SSSR count). The lowest BCUT2D eigenvalue weighted by atomic mass is 9.86. The molecule has 1 aliphatic rings. The molecule has 0 atom stereocenters. The summed E-state index contributed by atoms with van der Waals surface area (Å²) >= 11 is 0. The topological polar surface area (TPSA) is 76.8 Å². The van der Waals surface area contributed by atoms with E-state index in [-0.39, 0.29) is 22.7 Å². The van der Waals surface area contributed by atoms with Gasteiger partial charge in [0.2, 0.25) is 5.95 Å². The van der Waals surface area contributed by atoms with Crippen molar-refractivity contribution in [3.63, 3.8) is 0 Å². The minimum atomic E-state index is -4.67. The van der Waals surface area contributed by atoms with Gasteiger partial charge in [-0.05, 0) is 65.4 Å². The van der Waals surface area contributed by atoms with Crippen molar-refractivity contribution in [3.05, 3.63) is 75.5 Å². The molecule has 0 amide bonds. The maximum atomic E-state index is 14.6. The number of rotatable bonds is 4. The molecule has 0 saturated heterocycles. The van der Waals surface area contributed by atoms with Crippen LogP contribution in [0.25, 0.3) is 16.7 Å². The second kappa shape index (κ2) is 8.98. The van der Waals surface area contributed by atoms with Crippen LogP contribution in [0, 0.1) is 5.82 Å². The normalized spacial score (nSPS) is 14.1. The molecule has 0 saturated carbocycles. The molecule has 1 aliphatic heterocycles. The van der Waals surface area contributed by atoms with Crippen LogP contribution in [0.2, 0.25) is 0 Å². The fourth-order valence-corrected chi connectivity index (χ4v) is 4.57. The SMILES string of the molecule is CC(C)(C)c1cc(-n2c3nc(Nc4ccc5c(c4)CCNC5)ncc3c(=O)n2CC(F)(F)F)ccc1F. The summed E-state index contributed by atoms with van der Waals surface area (Å²) in [5.74, 6) is -0.366. The number of alkyl halides is 3. The van der Waals surface area contributed by atoms with Crippen molar-refractivity contribution in [1.82, 2.24) is 24.6 Å². The zero-order chi connectivity index (χ0) is 26.5. The third kappa shape index (κ3) is 4.95. The Hall–Kier alpha value is -3.73. The highest BCUT2D eigenvalue weighted by molar-refractivity contribution is 5.77. The number of benzene rings is 2. The standard InChI is InChI=1S/C26H26F4N6O/c1-25(2,3)20-11-18(6-7-21(20)27)36-22-19(23(37)35(36)14-26(28,29)30)13-32-24(34-22)33-17-5-4-16-12-31-9-8-15(16)10-17/h4-7,10-11,13,31H,8-9,12,14H2,1-3H3,(H,32,33,34). The minimum Gasteiger partial charge on any atom is -0.324 e. The summed E-state index contributed by atoms with van der Waals surface area (Å²) in [4.78, 5) is 21.7. The maximum absolute atomic E-state index is 14.6. The predicted molar refractivity (Wildman–Crippen MR) is 133 cm³/mol. The van der Waals surface area contributed by atoms with Gasteiger partial charge in [0.05, 0.1) is 5.69 Å². The van der Waals surface area contributed by atoms with Crippen LogP contribution in [-0.4, -0.2) is 32.1 Å². The highest BCUT2D eigenvalue weighted by Crippen LogP contribution is 2.29. The molecular formula is C26H26F4N6O. The summed E-state index contributed by atoms with van der Waals surface area (Å²) in [5.41, 5.74) is 2.06. The van der Waals surface area contributed by atoms with Crippen molar-refractivity contribution in [3.8, 4) is 5.69 Å². The van der Waals surface area contributed by atoms with E-state index in [0.29, 0.717) is 10.2 Å². The first kappa shape index (κ1) is 24.9. The zero-order valence-corrected chi connectivity index (χ0v) is 20.6. The van der Waals surface area contributed by atoms with Crippen LogP contribution in [0.5, 0.6) is 0 Å². The Labute approximate surface area is 210 Å². The molecule has 0 radical (unpaired) electrons. The average molecular weight is 515 g/mol. The molecule has 4 aromatic rings. The molecule has 0 unspecified atom stereocenters. The summed E-state index contributed by atoms with van der Waals surface area (Å²) in [6, 6.07) is 9.83. The van der Waals surface area contributed by atoms with Crippen molar-refractivity contribution >= 4 is 22.7 Å². The highest BCUT2D eigenvalue weighted by atomic mass is 19.4. The number of halogens is 4. The molecule has 11 heteroatoms. The van der Waals surface area contributed by atoms with Gasteiger partial charge in [-0.3, -0.25) is 4.79 Å². The number of nitrogens with zero attached hydrogens (tertiary/aromatic N) is 4. The molecule has 3 heterocycles. The van der Waals surface area contributed by atoms with Gasteiger partial charge in [-0.2, -0.15) is 18.2 Å². The average Bonchev–Trinajstić information content (AvgIpc) is 3.08. The van der Waals surface area contributed by atoms with Crippen molar-refractivity contribution in [2.75, 3.05) is 11.9 Å². The van der Waals surface area contributed by atoms with E-state index in [0.717, 1.165) is 29.9 Å². The molecule has 2 aromatic carbocycles. The van der Waals surface area contributed by atoms with E-state index in [9.17, 15) is 22.4 Å². The Morgan fingerprint density at radius 2 is 1.86 bits per heavy atom. The van der Waals surface area contributed by atoms with Gasteiger partial charge in [-0.15, -0.1) is 0 Å². The first-order chi connectivity index (χ1) is 17.4. The summed E-state index contributed by atoms with van der Waals surface area (Å²) < 4.78 is 56.7. The van der Waals surface area contributed by atoms with E-state index >= 15 is 0 Å². The predicted octanol–water partition coefficient (Wildman–Crippen LogP) is 4.97. The fourth-order valence-electron chi connectivity index (χ4n) is 4.57. The molecule has 2 N–H and O–H groups in total. The quantitative estimate of drug-likeness (QED) is 0.376. The van der Waals surface area contributed by atoms with Crippen LogP contribution >= 0.6 is 0 Å². The van der Waals surface area contributed by atoms with E-state index in [1.54, 1.807) is 20.8 Å². The monoisotopic (exact) mass is 514 g/mol. The first-order valence-corrected chi connectivity index (χ1v) is 11.9. The molecular weight excluding hydrogens is 488 g/mol. The number of anilines is 2. The Kier molecular flexibility index (Phi) is 6.06. The van der Waals surface area contributed by atoms with Gasteiger partial charge in [0, 0.05) is 18.4 Å². The van der Waals surface area contributed by atoms with Crippen LogP contribution in [0.15, 0.2) is 47.4 Å². The highest BCUT2D eigenvalue weighted by Gasteiger charge is 2.32. The largest absolute Gasteiger partial charge is 0.408 e. The summed E-state index contributed by atoms with van der Waals surface area (Å²) in [5, 5.41) is 6.33. The van der Waals surface area contributed by atoms with Crippen molar-refractivity contribution in [2.45, 2.75) is 51.9 Å². The first-order valence-electron chi connectivity index (χ1n) is 11.9. The van der Waals surface area contributed by atoms with Crippen LogP contribution in [0.1, 0.15) is 37.5 Å². The number of fused-ring (bicyclic) bond motifs is 2. The summed E-state index contributed by atoms with van der Waals surface area (Å²) in [7, 11) is 0. The second-order valence-corrected chi connectivity index (χ2v) is 10.2. The van der Waals surface area contributed by atoms with Crippen molar-refractivity contribution in [2.24, 2.45) is 0 Å². The zero-order valence-electron chi connectivity index (χ0n) is 20.6. The molecule has 0 fully saturated rings. The van der Waals surface area contributed by atoms with Crippen molar-refractivity contribution in [1.29, 1.82) is 0 Å². The lowest BCUT2D eigenvalue weighted by Crippen LogP contribution is -2.30. The van der Waals surface area contributed by atoms with Gasteiger partial charge in [-0.25, -0.2) is 18.7 Å². The Morgan fingerprint density at radius 1 is 1.08 bits per heavy atom. The third-order valence-corrected chi connectivity index (χ3v) is 6.36. The molecule has 194 valence electrons. The lowest BCUT2D eigenvalue weighted by Gasteiger charge is -2.22. The molecule has 0 bridgehead atoms. The van der Waals surface area contributed by atoms with Crippen LogP contribution < -0.4 is 16.2 Å². The number of aromatic nitrogens is 4. The summed E-state index contributed by atoms with van der Waals surface area (Å²) in [6.45, 7) is 5.50. The van der Waals surface area contributed by atoms with Gasteiger partial charge >= 0.3 is 6.18 Å². The lowest BCUT2D eigenvalue weighted by molar-refractivity contribution is -0.144. The molecule has 37 heavy (non-hydrogen) atoms. The van der Waals surface area contributed by atoms with E-state index in [1.165, 1.54) is 35.5 Å². The smallest absolute Gasteiger partial charge is 0.324 e. The van der Waals surface area contributed by atoms with Gasteiger partial charge in [0.25, 0.3) is 5.56 Å². The van der Waals surface area contributed by atoms with Crippen LogP contribution in [-0.2, 0) is 24.9 Å². The van der Waals surface area contributed by atoms with E-state index in [2.05, 4.69) is 20.6 Å². The van der Waals surface area contributed by atoms with E-state index in [4.69, 9.17) is 0 Å². The van der Waals surface area contributed by atoms with Gasteiger partial charge in [0.15, 0.2) is 5.65 Å².